The zero-order valence-electron chi connectivity index (χ0n) is 11.3. The van der Waals surface area contributed by atoms with Crippen molar-refractivity contribution in [2.45, 2.75) is 6.42 Å². The standard InChI is InChI=1S/C14H19FN2O2/c1-17(9-10-5-6-16-8-10)14(18)11-3-4-13(19-2)12(15)7-11/h3-4,7,10,16H,5-6,8-9H2,1-2H3. The van der Waals surface area contributed by atoms with Crippen LogP contribution >= 0.6 is 0 Å². The maximum atomic E-state index is 13.6. The lowest BCUT2D eigenvalue weighted by Gasteiger charge is -2.21. The molecule has 5 heteroatoms. The average molecular weight is 266 g/mol. The van der Waals surface area contributed by atoms with Gasteiger partial charge in [-0.05, 0) is 43.6 Å². The highest BCUT2D eigenvalue weighted by molar-refractivity contribution is 5.94. The summed E-state index contributed by atoms with van der Waals surface area (Å²) in [5.41, 5.74) is 0.353. The molecule has 0 aliphatic carbocycles. The van der Waals surface area contributed by atoms with Crippen molar-refractivity contribution in [3.05, 3.63) is 29.6 Å². The van der Waals surface area contributed by atoms with Crippen LogP contribution in [0.5, 0.6) is 5.75 Å². The molecule has 104 valence electrons. The molecule has 1 aliphatic rings. The van der Waals surface area contributed by atoms with Crippen LogP contribution in [0.25, 0.3) is 0 Å². The van der Waals surface area contributed by atoms with E-state index in [1.807, 2.05) is 0 Å². The van der Waals surface area contributed by atoms with E-state index in [1.54, 1.807) is 18.0 Å². The number of halogens is 1. The normalized spacial score (nSPS) is 18.4. The minimum absolute atomic E-state index is 0.152. The quantitative estimate of drug-likeness (QED) is 0.898. The Morgan fingerprint density at radius 1 is 1.58 bits per heavy atom. The third-order valence-electron chi connectivity index (χ3n) is 3.44. The molecule has 1 atom stereocenters. The average Bonchev–Trinajstić information content (AvgIpc) is 2.90. The Balaban J connectivity index is 2.03. The van der Waals surface area contributed by atoms with Crippen molar-refractivity contribution in [3.8, 4) is 5.75 Å². The van der Waals surface area contributed by atoms with E-state index in [9.17, 15) is 9.18 Å². The zero-order valence-corrected chi connectivity index (χ0v) is 11.3. The first kappa shape index (κ1) is 13.8. The molecular weight excluding hydrogens is 247 g/mol. The van der Waals surface area contributed by atoms with Crippen molar-refractivity contribution in [2.75, 3.05) is 33.8 Å². The Hall–Kier alpha value is -1.62. The molecule has 0 saturated carbocycles. The molecule has 1 aliphatic heterocycles. The highest BCUT2D eigenvalue weighted by Crippen LogP contribution is 2.19. The van der Waals surface area contributed by atoms with Crippen molar-refractivity contribution in [1.29, 1.82) is 0 Å². The highest BCUT2D eigenvalue weighted by atomic mass is 19.1. The monoisotopic (exact) mass is 266 g/mol. The lowest BCUT2D eigenvalue weighted by atomic mass is 10.1. The zero-order chi connectivity index (χ0) is 13.8. The van der Waals surface area contributed by atoms with Gasteiger partial charge >= 0.3 is 0 Å². The summed E-state index contributed by atoms with van der Waals surface area (Å²) in [6.07, 6.45) is 1.08. The van der Waals surface area contributed by atoms with Gasteiger partial charge in [-0.3, -0.25) is 4.79 Å². The van der Waals surface area contributed by atoms with Gasteiger partial charge in [0.25, 0.3) is 5.91 Å². The fraction of sp³-hybridized carbons (Fsp3) is 0.500. The molecule has 0 radical (unpaired) electrons. The van der Waals surface area contributed by atoms with Crippen molar-refractivity contribution >= 4 is 5.91 Å². The van der Waals surface area contributed by atoms with Crippen LogP contribution in [0, 0.1) is 11.7 Å². The Bertz CT molecular complexity index is 459. The molecule has 4 nitrogen and oxygen atoms in total. The van der Waals surface area contributed by atoms with Crippen LogP contribution in [-0.2, 0) is 0 Å². The molecule has 1 fully saturated rings. The maximum absolute atomic E-state index is 13.6. The lowest BCUT2D eigenvalue weighted by Crippen LogP contribution is -2.32. The van der Waals surface area contributed by atoms with Crippen LogP contribution in [0.1, 0.15) is 16.8 Å². The molecule has 1 N–H and O–H groups in total. The van der Waals surface area contributed by atoms with E-state index in [0.29, 0.717) is 18.0 Å². The van der Waals surface area contributed by atoms with E-state index in [1.165, 1.54) is 19.2 Å². The van der Waals surface area contributed by atoms with Crippen LogP contribution in [0.15, 0.2) is 18.2 Å². The second-order valence-corrected chi connectivity index (χ2v) is 4.89. The summed E-state index contributed by atoms with van der Waals surface area (Å²) in [6.45, 7) is 2.64. The van der Waals surface area contributed by atoms with E-state index in [2.05, 4.69) is 5.32 Å². The van der Waals surface area contributed by atoms with Crippen LogP contribution in [0.4, 0.5) is 4.39 Å². The number of amides is 1. The summed E-state index contributed by atoms with van der Waals surface area (Å²) in [4.78, 5) is 13.8. The van der Waals surface area contributed by atoms with Crippen molar-refractivity contribution < 1.29 is 13.9 Å². The topological polar surface area (TPSA) is 41.6 Å². The predicted molar refractivity (Wildman–Crippen MR) is 70.9 cm³/mol. The fourth-order valence-electron chi connectivity index (χ4n) is 2.36. The van der Waals surface area contributed by atoms with Gasteiger partial charge in [0, 0.05) is 19.2 Å². The number of ether oxygens (including phenoxy) is 1. The van der Waals surface area contributed by atoms with E-state index in [0.717, 1.165) is 19.5 Å². The molecule has 0 spiro atoms. The molecule has 1 unspecified atom stereocenters. The van der Waals surface area contributed by atoms with Gasteiger partial charge in [-0.2, -0.15) is 0 Å². The fourth-order valence-corrected chi connectivity index (χ4v) is 2.36. The van der Waals surface area contributed by atoms with Crippen molar-refractivity contribution in [1.82, 2.24) is 10.2 Å². The van der Waals surface area contributed by atoms with E-state index in [-0.39, 0.29) is 11.7 Å². The number of methoxy groups -OCH3 is 1. The summed E-state index contributed by atoms with van der Waals surface area (Å²) in [5, 5.41) is 3.27. The molecule has 19 heavy (non-hydrogen) atoms. The van der Waals surface area contributed by atoms with E-state index in [4.69, 9.17) is 4.74 Å². The molecular formula is C14H19FN2O2. The Morgan fingerprint density at radius 2 is 2.37 bits per heavy atom. The van der Waals surface area contributed by atoms with Crippen LogP contribution in [0.2, 0.25) is 0 Å². The van der Waals surface area contributed by atoms with Gasteiger partial charge in [0.15, 0.2) is 11.6 Å². The first-order chi connectivity index (χ1) is 9.11. The molecule has 0 aromatic heterocycles. The Labute approximate surface area is 112 Å². The van der Waals surface area contributed by atoms with Gasteiger partial charge in [-0.25, -0.2) is 4.39 Å². The minimum atomic E-state index is -0.510. The van der Waals surface area contributed by atoms with Crippen molar-refractivity contribution in [2.24, 2.45) is 5.92 Å². The van der Waals surface area contributed by atoms with E-state index >= 15 is 0 Å². The summed E-state index contributed by atoms with van der Waals surface area (Å²) < 4.78 is 18.4. The summed E-state index contributed by atoms with van der Waals surface area (Å²) >= 11 is 0. The third-order valence-corrected chi connectivity index (χ3v) is 3.44. The highest BCUT2D eigenvalue weighted by Gasteiger charge is 2.20. The number of benzene rings is 1. The Kier molecular flexibility index (Phi) is 4.37. The number of carbonyl (C=O) groups excluding carboxylic acids is 1. The number of rotatable bonds is 4. The molecule has 1 amide bonds. The van der Waals surface area contributed by atoms with Crippen LogP contribution in [0.3, 0.4) is 0 Å². The summed E-state index contributed by atoms with van der Waals surface area (Å²) in [7, 11) is 3.15. The van der Waals surface area contributed by atoms with Gasteiger partial charge in [0.1, 0.15) is 0 Å². The first-order valence-corrected chi connectivity index (χ1v) is 6.41. The van der Waals surface area contributed by atoms with Gasteiger partial charge in [-0.1, -0.05) is 0 Å². The van der Waals surface area contributed by atoms with E-state index < -0.39 is 5.82 Å². The maximum Gasteiger partial charge on any atom is 0.253 e. The first-order valence-electron chi connectivity index (χ1n) is 6.41. The molecule has 1 aromatic rings. The van der Waals surface area contributed by atoms with Crippen molar-refractivity contribution in [3.63, 3.8) is 0 Å². The number of nitrogens with zero attached hydrogens (tertiary/aromatic N) is 1. The molecule has 1 heterocycles. The largest absolute Gasteiger partial charge is 0.494 e. The molecule has 1 aromatic carbocycles. The molecule has 1 saturated heterocycles. The Morgan fingerprint density at radius 3 is 2.95 bits per heavy atom. The number of hydrogen-bond donors (Lipinski definition) is 1. The number of nitrogens with one attached hydrogen (secondary N) is 1. The van der Waals surface area contributed by atoms with Gasteiger partial charge in [0.05, 0.1) is 7.11 Å². The van der Waals surface area contributed by atoms with Gasteiger partial charge in [0.2, 0.25) is 0 Å². The number of hydrogen-bond acceptors (Lipinski definition) is 3. The SMILES string of the molecule is COc1ccc(C(=O)N(C)CC2CCNC2)cc1F. The van der Waals surface area contributed by atoms with Gasteiger partial charge in [-0.15, -0.1) is 0 Å². The minimum Gasteiger partial charge on any atom is -0.494 e. The predicted octanol–water partition coefficient (Wildman–Crippen LogP) is 1.52. The van der Waals surface area contributed by atoms with Crippen LogP contribution in [-0.4, -0.2) is 44.6 Å². The smallest absolute Gasteiger partial charge is 0.253 e. The third kappa shape index (κ3) is 3.23. The number of carbonyl (C=O) groups is 1. The molecule has 2 rings (SSSR count). The second kappa shape index (κ2) is 6.02. The summed E-state index contributed by atoms with van der Waals surface area (Å²) in [6, 6.07) is 4.30. The lowest BCUT2D eigenvalue weighted by molar-refractivity contribution is 0.0775. The summed E-state index contributed by atoms with van der Waals surface area (Å²) in [5.74, 6) is -0.0334. The van der Waals surface area contributed by atoms with Gasteiger partial charge < -0.3 is 15.0 Å². The second-order valence-electron chi connectivity index (χ2n) is 4.89. The molecule has 0 bridgehead atoms. The van der Waals surface area contributed by atoms with Crippen LogP contribution < -0.4 is 10.1 Å².